The minimum absolute atomic E-state index is 0. The lowest BCUT2D eigenvalue weighted by atomic mass is 9.92. The number of ether oxygens (including phenoxy) is 1. The first-order valence-corrected chi connectivity index (χ1v) is 8.56. The molecule has 1 aliphatic heterocycles. The third-order valence-electron chi connectivity index (χ3n) is 4.18. The number of carbonyl (C=O) groups is 1. The van der Waals surface area contributed by atoms with Crippen LogP contribution in [-0.4, -0.2) is 18.5 Å². The van der Waals surface area contributed by atoms with Crippen molar-refractivity contribution in [2.45, 2.75) is 25.8 Å². The number of benzene rings is 2. The number of amides is 1. The fourth-order valence-corrected chi connectivity index (χ4v) is 3.05. The maximum atomic E-state index is 12.3. The molecule has 2 atom stereocenters. The van der Waals surface area contributed by atoms with Crippen LogP contribution in [0.3, 0.4) is 0 Å². The second-order valence-electron chi connectivity index (χ2n) is 6.12. The number of piperidine rings is 1. The van der Waals surface area contributed by atoms with E-state index in [9.17, 15) is 4.79 Å². The molecule has 134 valence electrons. The molecule has 2 aromatic carbocycles. The molecular weight excluding hydrogens is 359 g/mol. The van der Waals surface area contributed by atoms with Gasteiger partial charge < -0.3 is 15.4 Å². The Labute approximate surface area is 159 Å². The summed E-state index contributed by atoms with van der Waals surface area (Å²) in [5.74, 6) is 1.44. The Morgan fingerprint density at radius 1 is 1.20 bits per heavy atom. The highest BCUT2D eigenvalue weighted by Crippen LogP contribution is 2.29. The van der Waals surface area contributed by atoms with Crippen molar-refractivity contribution in [2.24, 2.45) is 5.92 Å². The zero-order valence-corrected chi connectivity index (χ0v) is 15.6. The van der Waals surface area contributed by atoms with Crippen LogP contribution in [0.15, 0.2) is 48.5 Å². The van der Waals surface area contributed by atoms with Gasteiger partial charge in [0.1, 0.15) is 11.5 Å². The number of nitrogens with one attached hydrogen (secondary N) is 2. The van der Waals surface area contributed by atoms with E-state index in [0.717, 1.165) is 25.1 Å². The number of halogens is 2. The summed E-state index contributed by atoms with van der Waals surface area (Å²) in [6, 6.07) is 15.0. The summed E-state index contributed by atoms with van der Waals surface area (Å²) < 4.78 is 5.75. The van der Waals surface area contributed by atoms with Crippen LogP contribution >= 0.6 is 24.0 Å². The number of carbonyl (C=O) groups excluding carboxylic acids is 1. The molecule has 4 nitrogen and oxygen atoms in total. The van der Waals surface area contributed by atoms with Gasteiger partial charge in [-0.2, -0.15) is 0 Å². The first kappa shape index (κ1) is 19.6. The highest BCUT2D eigenvalue weighted by molar-refractivity contribution is 6.32. The normalized spacial score (nSPS) is 19.6. The standard InChI is InChI=1S/C19H21ClN2O2.ClH/c1-13-12-14(10-11-21-13)19(23)22-15-6-8-16(9-7-15)24-18-5-3-2-4-17(18)20;/h2-9,13-14,21H,10-12H2,1H3,(H,22,23);1H/t13-,14-;/m0./s1. The molecule has 0 aliphatic carbocycles. The van der Waals surface area contributed by atoms with Gasteiger partial charge in [-0.3, -0.25) is 4.79 Å². The minimum Gasteiger partial charge on any atom is -0.456 e. The summed E-state index contributed by atoms with van der Waals surface area (Å²) in [7, 11) is 0. The first-order valence-electron chi connectivity index (χ1n) is 8.18. The van der Waals surface area contributed by atoms with E-state index in [1.165, 1.54) is 0 Å². The molecule has 1 saturated heterocycles. The van der Waals surface area contributed by atoms with Crippen molar-refractivity contribution >= 4 is 35.6 Å². The van der Waals surface area contributed by atoms with E-state index in [-0.39, 0.29) is 24.2 Å². The van der Waals surface area contributed by atoms with Crippen LogP contribution in [0.2, 0.25) is 5.02 Å². The molecule has 3 rings (SSSR count). The Morgan fingerprint density at radius 2 is 1.92 bits per heavy atom. The quantitative estimate of drug-likeness (QED) is 0.794. The second-order valence-corrected chi connectivity index (χ2v) is 6.53. The van der Waals surface area contributed by atoms with E-state index in [4.69, 9.17) is 16.3 Å². The lowest BCUT2D eigenvalue weighted by Crippen LogP contribution is -2.40. The fraction of sp³-hybridized carbons (Fsp3) is 0.316. The highest BCUT2D eigenvalue weighted by atomic mass is 35.5. The molecule has 1 fully saturated rings. The van der Waals surface area contributed by atoms with Crippen molar-refractivity contribution in [1.82, 2.24) is 5.32 Å². The largest absolute Gasteiger partial charge is 0.456 e. The Kier molecular flexibility index (Phi) is 7.12. The van der Waals surface area contributed by atoms with Gasteiger partial charge in [-0.1, -0.05) is 23.7 Å². The molecule has 2 aromatic rings. The van der Waals surface area contributed by atoms with Crippen molar-refractivity contribution in [3.05, 3.63) is 53.6 Å². The summed E-state index contributed by atoms with van der Waals surface area (Å²) in [5.41, 5.74) is 0.776. The predicted molar refractivity (Wildman–Crippen MR) is 104 cm³/mol. The summed E-state index contributed by atoms with van der Waals surface area (Å²) in [6.07, 6.45) is 1.75. The topological polar surface area (TPSA) is 50.4 Å². The van der Waals surface area contributed by atoms with Crippen LogP contribution in [0.25, 0.3) is 0 Å². The highest BCUT2D eigenvalue weighted by Gasteiger charge is 2.24. The maximum Gasteiger partial charge on any atom is 0.227 e. The molecule has 6 heteroatoms. The number of para-hydroxylation sites is 1. The van der Waals surface area contributed by atoms with Crippen molar-refractivity contribution < 1.29 is 9.53 Å². The monoisotopic (exact) mass is 380 g/mol. The van der Waals surface area contributed by atoms with E-state index in [2.05, 4.69) is 17.6 Å². The molecule has 0 unspecified atom stereocenters. The third-order valence-corrected chi connectivity index (χ3v) is 4.49. The van der Waals surface area contributed by atoms with Crippen LogP contribution < -0.4 is 15.4 Å². The molecule has 1 aliphatic rings. The van der Waals surface area contributed by atoms with Gasteiger partial charge in [-0.15, -0.1) is 12.4 Å². The van der Waals surface area contributed by atoms with Gasteiger partial charge in [0.25, 0.3) is 0 Å². The molecule has 25 heavy (non-hydrogen) atoms. The van der Waals surface area contributed by atoms with E-state index in [0.29, 0.717) is 22.6 Å². The Bertz CT molecular complexity index is 707. The molecule has 0 spiro atoms. The summed E-state index contributed by atoms with van der Waals surface area (Å²) in [5, 5.41) is 6.91. The molecule has 0 radical (unpaired) electrons. The predicted octanol–water partition coefficient (Wildman–Crippen LogP) is 4.88. The number of hydrogen-bond acceptors (Lipinski definition) is 3. The Balaban J connectivity index is 0.00000225. The summed E-state index contributed by atoms with van der Waals surface area (Å²) in [6.45, 7) is 3.00. The van der Waals surface area contributed by atoms with Gasteiger partial charge in [-0.25, -0.2) is 0 Å². The smallest absolute Gasteiger partial charge is 0.227 e. The van der Waals surface area contributed by atoms with E-state index in [1.54, 1.807) is 6.07 Å². The zero-order chi connectivity index (χ0) is 16.9. The van der Waals surface area contributed by atoms with Crippen LogP contribution in [0, 0.1) is 5.92 Å². The first-order chi connectivity index (χ1) is 11.6. The van der Waals surface area contributed by atoms with E-state index in [1.807, 2.05) is 42.5 Å². The Morgan fingerprint density at radius 3 is 2.60 bits per heavy atom. The third kappa shape index (κ3) is 5.36. The fourth-order valence-electron chi connectivity index (χ4n) is 2.88. The summed E-state index contributed by atoms with van der Waals surface area (Å²) >= 11 is 6.08. The average molecular weight is 381 g/mol. The van der Waals surface area contributed by atoms with Gasteiger partial charge in [0.15, 0.2) is 0 Å². The molecule has 0 bridgehead atoms. The van der Waals surface area contributed by atoms with Crippen LogP contribution in [0.5, 0.6) is 11.5 Å². The lowest BCUT2D eigenvalue weighted by Gasteiger charge is -2.27. The molecule has 1 amide bonds. The van der Waals surface area contributed by atoms with Gasteiger partial charge in [0, 0.05) is 17.6 Å². The van der Waals surface area contributed by atoms with Crippen molar-refractivity contribution in [3.63, 3.8) is 0 Å². The van der Waals surface area contributed by atoms with Gasteiger partial charge in [-0.05, 0) is 62.7 Å². The van der Waals surface area contributed by atoms with Crippen molar-refractivity contribution in [1.29, 1.82) is 0 Å². The molecular formula is C19H22Cl2N2O2. The average Bonchev–Trinajstić information content (AvgIpc) is 2.58. The van der Waals surface area contributed by atoms with Crippen molar-refractivity contribution in [2.75, 3.05) is 11.9 Å². The molecule has 0 saturated carbocycles. The number of rotatable bonds is 4. The van der Waals surface area contributed by atoms with Crippen LogP contribution in [0.1, 0.15) is 19.8 Å². The van der Waals surface area contributed by atoms with Crippen molar-refractivity contribution in [3.8, 4) is 11.5 Å². The number of hydrogen-bond donors (Lipinski definition) is 2. The minimum atomic E-state index is 0. The summed E-state index contributed by atoms with van der Waals surface area (Å²) in [4.78, 5) is 12.3. The zero-order valence-electron chi connectivity index (χ0n) is 14.0. The van der Waals surface area contributed by atoms with E-state index < -0.39 is 0 Å². The van der Waals surface area contributed by atoms with Crippen LogP contribution in [0.4, 0.5) is 5.69 Å². The number of anilines is 1. The lowest BCUT2D eigenvalue weighted by molar-refractivity contribution is -0.120. The second kappa shape index (κ2) is 9.09. The Hall–Kier alpha value is -1.75. The molecule has 1 heterocycles. The van der Waals surface area contributed by atoms with Gasteiger partial charge >= 0.3 is 0 Å². The molecule has 0 aromatic heterocycles. The SMILES string of the molecule is C[C@H]1C[C@@H](C(=O)Nc2ccc(Oc3ccccc3Cl)cc2)CCN1.Cl. The van der Waals surface area contributed by atoms with Crippen LogP contribution in [-0.2, 0) is 4.79 Å². The van der Waals surface area contributed by atoms with Gasteiger partial charge in [0.05, 0.1) is 5.02 Å². The van der Waals surface area contributed by atoms with Gasteiger partial charge in [0.2, 0.25) is 5.91 Å². The van der Waals surface area contributed by atoms with E-state index >= 15 is 0 Å². The molecule has 2 N–H and O–H groups in total. The maximum absolute atomic E-state index is 12.3.